The molecule has 1 fully saturated rings. The molecule has 6 heteroatoms. The number of nitrogens with zero attached hydrogens (tertiary/aromatic N) is 2. The molecular weight excluding hydrogens is 284 g/mol. The minimum Gasteiger partial charge on any atom is -0.349 e. The first-order chi connectivity index (χ1) is 9.00. The SMILES string of the molecule is CCCn1cc(S(=O)(=O)N(C)C2CCC2)cc1CCl. The molecule has 0 aliphatic heterocycles. The van der Waals surface area contributed by atoms with Gasteiger partial charge in [-0.05, 0) is 25.3 Å². The molecule has 0 unspecified atom stereocenters. The summed E-state index contributed by atoms with van der Waals surface area (Å²) in [4.78, 5) is 0.367. The van der Waals surface area contributed by atoms with E-state index in [9.17, 15) is 8.42 Å². The van der Waals surface area contributed by atoms with Crippen LogP contribution < -0.4 is 0 Å². The number of aromatic nitrogens is 1. The first kappa shape index (κ1) is 14.9. The second-order valence-electron chi connectivity index (χ2n) is 5.10. The number of halogens is 1. The highest BCUT2D eigenvalue weighted by Gasteiger charge is 2.32. The van der Waals surface area contributed by atoms with Crippen LogP contribution in [-0.4, -0.2) is 30.4 Å². The van der Waals surface area contributed by atoms with E-state index in [0.29, 0.717) is 10.8 Å². The van der Waals surface area contributed by atoms with Crippen molar-refractivity contribution in [2.75, 3.05) is 7.05 Å². The van der Waals surface area contributed by atoms with Crippen molar-refractivity contribution in [3.8, 4) is 0 Å². The standard InChI is InChI=1S/C13H21ClN2O2S/c1-3-7-16-10-13(8-12(16)9-14)19(17,18)15(2)11-5-4-6-11/h8,10-11H,3-7,9H2,1-2H3. The summed E-state index contributed by atoms with van der Waals surface area (Å²) >= 11 is 5.88. The van der Waals surface area contributed by atoms with Gasteiger partial charge in [0.1, 0.15) is 4.90 Å². The summed E-state index contributed by atoms with van der Waals surface area (Å²) in [6.45, 7) is 2.86. The molecule has 1 aromatic rings. The third-order valence-corrected chi connectivity index (χ3v) is 5.98. The Labute approximate surface area is 120 Å². The Kier molecular flexibility index (Phi) is 4.58. The number of rotatable bonds is 6. The maximum atomic E-state index is 12.5. The van der Waals surface area contributed by atoms with Crippen molar-refractivity contribution < 1.29 is 8.42 Å². The van der Waals surface area contributed by atoms with Crippen LogP contribution in [0.3, 0.4) is 0 Å². The number of hydrogen-bond acceptors (Lipinski definition) is 2. The van der Waals surface area contributed by atoms with Crippen molar-refractivity contribution in [2.24, 2.45) is 0 Å². The van der Waals surface area contributed by atoms with Crippen LogP contribution in [0.2, 0.25) is 0 Å². The van der Waals surface area contributed by atoms with E-state index < -0.39 is 10.0 Å². The van der Waals surface area contributed by atoms with Gasteiger partial charge in [-0.3, -0.25) is 0 Å². The van der Waals surface area contributed by atoms with Gasteiger partial charge in [0, 0.05) is 31.5 Å². The van der Waals surface area contributed by atoms with Crippen LogP contribution in [0.4, 0.5) is 0 Å². The Morgan fingerprint density at radius 2 is 2.16 bits per heavy atom. The molecule has 1 aliphatic carbocycles. The fraction of sp³-hybridized carbons (Fsp3) is 0.692. The van der Waals surface area contributed by atoms with Crippen molar-refractivity contribution >= 4 is 21.6 Å². The van der Waals surface area contributed by atoms with Crippen molar-refractivity contribution in [1.82, 2.24) is 8.87 Å². The number of hydrogen-bond donors (Lipinski definition) is 0. The molecule has 19 heavy (non-hydrogen) atoms. The van der Waals surface area contributed by atoms with Crippen molar-refractivity contribution in [3.63, 3.8) is 0 Å². The lowest BCUT2D eigenvalue weighted by atomic mass is 9.94. The first-order valence-corrected chi connectivity index (χ1v) is 8.71. The quantitative estimate of drug-likeness (QED) is 0.758. The van der Waals surface area contributed by atoms with Gasteiger partial charge in [0.05, 0.1) is 5.88 Å². The highest BCUT2D eigenvalue weighted by atomic mass is 35.5. The van der Waals surface area contributed by atoms with E-state index in [1.165, 1.54) is 4.31 Å². The second-order valence-corrected chi connectivity index (χ2v) is 7.36. The van der Waals surface area contributed by atoms with Gasteiger partial charge in [-0.15, -0.1) is 11.6 Å². The zero-order chi connectivity index (χ0) is 14.0. The second kappa shape index (κ2) is 5.85. The zero-order valence-electron chi connectivity index (χ0n) is 11.5. The number of sulfonamides is 1. The summed E-state index contributed by atoms with van der Waals surface area (Å²) in [5.41, 5.74) is 0.865. The lowest BCUT2D eigenvalue weighted by molar-refractivity contribution is 0.249. The molecule has 0 aromatic carbocycles. The zero-order valence-corrected chi connectivity index (χ0v) is 13.0. The van der Waals surface area contributed by atoms with Gasteiger partial charge >= 0.3 is 0 Å². The summed E-state index contributed by atoms with van der Waals surface area (Å²) in [6.07, 6.45) is 5.72. The molecular formula is C13H21ClN2O2S. The number of aryl methyl sites for hydroxylation is 1. The molecule has 1 saturated carbocycles. The monoisotopic (exact) mass is 304 g/mol. The van der Waals surface area contributed by atoms with E-state index in [1.54, 1.807) is 19.3 Å². The highest BCUT2D eigenvalue weighted by Crippen LogP contribution is 2.29. The molecule has 1 heterocycles. The van der Waals surface area contributed by atoms with Gasteiger partial charge in [0.2, 0.25) is 10.0 Å². The molecule has 0 bridgehead atoms. The van der Waals surface area contributed by atoms with Crippen LogP contribution in [0.15, 0.2) is 17.2 Å². The van der Waals surface area contributed by atoms with E-state index in [-0.39, 0.29) is 6.04 Å². The Hall–Kier alpha value is -0.520. The maximum absolute atomic E-state index is 12.5. The topological polar surface area (TPSA) is 42.3 Å². The minimum absolute atomic E-state index is 0.166. The van der Waals surface area contributed by atoms with Crippen molar-refractivity contribution in [3.05, 3.63) is 18.0 Å². The van der Waals surface area contributed by atoms with Crippen LogP contribution in [0, 0.1) is 0 Å². The van der Waals surface area contributed by atoms with Gasteiger partial charge in [0.25, 0.3) is 0 Å². The van der Waals surface area contributed by atoms with Gasteiger partial charge in [-0.1, -0.05) is 13.3 Å². The smallest absolute Gasteiger partial charge is 0.244 e. The molecule has 0 N–H and O–H groups in total. The summed E-state index contributed by atoms with van der Waals surface area (Å²) in [6, 6.07) is 1.87. The summed E-state index contributed by atoms with van der Waals surface area (Å²) in [5.74, 6) is 0.336. The molecule has 2 rings (SSSR count). The Bertz CT molecular complexity index is 535. The van der Waals surface area contributed by atoms with Crippen LogP contribution in [-0.2, 0) is 22.4 Å². The van der Waals surface area contributed by atoms with Crippen LogP contribution >= 0.6 is 11.6 Å². The summed E-state index contributed by atoms with van der Waals surface area (Å²) in [7, 11) is -1.70. The lowest BCUT2D eigenvalue weighted by Gasteiger charge is -2.33. The third kappa shape index (κ3) is 2.83. The molecule has 0 spiro atoms. The van der Waals surface area contributed by atoms with Gasteiger partial charge < -0.3 is 4.57 Å². The van der Waals surface area contributed by atoms with Gasteiger partial charge in [-0.2, -0.15) is 4.31 Å². The van der Waals surface area contributed by atoms with E-state index in [4.69, 9.17) is 11.6 Å². The lowest BCUT2D eigenvalue weighted by Crippen LogP contribution is -2.41. The molecule has 0 radical (unpaired) electrons. The molecule has 0 atom stereocenters. The van der Waals surface area contributed by atoms with E-state index >= 15 is 0 Å². The average Bonchev–Trinajstić information content (AvgIpc) is 2.71. The Balaban J connectivity index is 2.29. The largest absolute Gasteiger partial charge is 0.349 e. The van der Waals surface area contributed by atoms with E-state index in [0.717, 1.165) is 37.9 Å². The average molecular weight is 305 g/mol. The molecule has 0 saturated heterocycles. The molecule has 4 nitrogen and oxygen atoms in total. The fourth-order valence-electron chi connectivity index (χ4n) is 2.34. The van der Waals surface area contributed by atoms with Crippen LogP contribution in [0.1, 0.15) is 38.3 Å². The Morgan fingerprint density at radius 3 is 2.63 bits per heavy atom. The molecule has 108 valence electrons. The highest BCUT2D eigenvalue weighted by molar-refractivity contribution is 7.89. The van der Waals surface area contributed by atoms with Crippen LogP contribution in [0.25, 0.3) is 0 Å². The summed E-state index contributed by atoms with van der Waals surface area (Å²) < 4.78 is 28.5. The maximum Gasteiger partial charge on any atom is 0.244 e. The number of alkyl halides is 1. The van der Waals surface area contributed by atoms with Gasteiger partial charge in [0.15, 0.2) is 0 Å². The van der Waals surface area contributed by atoms with Crippen molar-refractivity contribution in [1.29, 1.82) is 0 Å². The van der Waals surface area contributed by atoms with Crippen LogP contribution in [0.5, 0.6) is 0 Å². The predicted octanol–water partition coefficient (Wildman–Crippen LogP) is 2.81. The molecule has 1 aliphatic rings. The fourth-order valence-corrected chi connectivity index (χ4v) is 4.05. The summed E-state index contributed by atoms with van der Waals surface area (Å²) in [5, 5.41) is 0. The normalized spacial score (nSPS) is 16.8. The van der Waals surface area contributed by atoms with Gasteiger partial charge in [-0.25, -0.2) is 8.42 Å². The molecule has 0 amide bonds. The minimum atomic E-state index is -3.38. The van der Waals surface area contributed by atoms with E-state index in [2.05, 4.69) is 6.92 Å². The Morgan fingerprint density at radius 1 is 1.47 bits per heavy atom. The third-order valence-electron chi connectivity index (χ3n) is 3.83. The molecule has 1 aromatic heterocycles. The predicted molar refractivity (Wildman–Crippen MR) is 76.9 cm³/mol. The van der Waals surface area contributed by atoms with E-state index in [1.807, 2.05) is 4.57 Å². The van der Waals surface area contributed by atoms with Crippen molar-refractivity contribution in [2.45, 2.75) is 56.0 Å². The first-order valence-electron chi connectivity index (χ1n) is 6.73.